The molecule has 1 aromatic carbocycles. The standard InChI is InChI=1S/C14H19N3O4S.ClH/c1-11-12(17(18)19)3-2-4-13(11)22(20,21)16-8-6-14(10-16)5-7-15-9-14;/h2-4,15H,5-10H2,1H3;1H. The van der Waals surface area contributed by atoms with E-state index in [1.165, 1.54) is 29.4 Å². The van der Waals surface area contributed by atoms with Crippen LogP contribution in [0.25, 0.3) is 0 Å². The van der Waals surface area contributed by atoms with E-state index in [0.29, 0.717) is 13.1 Å². The zero-order valence-corrected chi connectivity index (χ0v) is 14.5. The van der Waals surface area contributed by atoms with Crippen molar-refractivity contribution in [1.29, 1.82) is 0 Å². The molecule has 128 valence electrons. The molecule has 7 nitrogen and oxygen atoms in total. The molecule has 2 heterocycles. The third kappa shape index (κ3) is 3.08. The number of nitrogens with zero attached hydrogens (tertiary/aromatic N) is 2. The predicted octanol–water partition coefficient (Wildman–Crippen LogP) is 1.70. The lowest BCUT2D eigenvalue weighted by atomic mass is 9.87. The summed E-state index contributed by atoms with van der Waals surface area (Å²) in [6.45, 7) is 4.22. The van der Waals surface area contributed by atoms with Gasteiger partial charge < -0.3 is 5.32 Å². The third-order valence-electron chi connectivity index (χ3n) is 4.81. The van der Waals surface area contributed by atoms with Crippen molar-refractivity contribution in [2.75, 3.05) is 26.2 Å². The van der Waals surface area contributed by atoms with E-state index in [0.717, 1.165) is 25.9 Å². The van der Waals surface area contributed by atoms with Crippen molar-refractivity contribution in [3.63, 3.8) is 0 Å². The molecule has 2 saturated heterocycles. The molecular formula is C14H20ClN3O4S. The maximum atomic E-state index is 12.9. The van der Waals surface area contributed by atoms with Crippen molar-refractivity contribution in [3.05, 3.63) is 33.9 Å². The number of hydrogen-bond acceptors (Lipinski definition) is 5. The molecule has 0 aliphatic carbocycles. The van der Waals surface area contributed by atoms with Gasteiger partial charge >= 0.3 is 0 Å². The third-order valence-corrected chi connectivity index (χ3v) is 6.80. The second-order valence-electron chi connectivity index (χ2n) is 6.17. The van der Waals surface area contributed by atoms with E-state index in [-0.39, 0.29) is 34.0 Å². The van der Waals surface area contributed by atoms with Crippen molar-refractivity contribution >= 4 is 28.1 Å². The first-order valence-corrected chi connectivity index (χ1v) is 8.75. The fraction of sp³-hybridized carbons (Fsp3) is 0.571. The van der Waals surface area contributed by atoms with E-state index in [1.807, 2.05) is 0 Å². The number of benzene rings is 1. The van der Waals surface area contributed by atoms with Crippen LogP contribution in [-0.4, -0.2) is 43.8 Å². The summed E-state index contributed by atoms with van der Waals surface area (Å²) in [5.41, 5.74) is 0.0809. The van der Waals surface area contributed by atoms with Crippen LogP contribution in [0.15, 0.2) is 23.1 Å². The van der Waals surface area contributed by atoms with Crippen molar-refractivity contribution in [2.45, 2.75) is 24.7 Å². The quantitative estimate of drug-likeness (QED) is 0.653. The fourth-order valence-corrected chi connectivity index (χ4v) is 5.26. The lowest BCUT2D eigenvalue weighted by Gasteiger charge is -2.23. The largest absolute Gasteiger partial charge is 0.316 e. The molecule has 1 aromatic rings. The highest BCUT2D eigenvalue weighted by molar-refractivity contribution is 7.89. The van der Waals surface area contributed by atoms with Crippen LogP contribution in [0.3, 0.4) is 0 Å². The molecular weight excluding hydrogens is 342 g/mol. The Kier molecular flexibility index (Phi) is 5.00. The Hall–Kier alpha value is -1.22. The summed E-state index contributed by atoms with van der Waals surface area (Å²) in [5.74, 6) is 0. The lowest BCUT2D eigenvalue weighted by molar-refractivity contribution is -0.385. The van der Waals surface area contributed by atoms with Gasteiger partial charge in [-0.05, 0) is 37.8 Å². The second-order valence-corrected chi connectivity index (χ2v) is 8.08. The molecule has 1 spiro atoms. The molecule has 0 bridgehead atoms. The van der Waals surface area contributed by atoms with Crippen molar-refractivity contribution < 1.29 is 13.3 Å². The molecule has 0 amide bonds. The average Bonchev–Trinajstić information content (AvgIpc) is 3.09. The minimum absolute atomic E-state index is 0. The molecule has 3 rings (SSSR count). The van der Waals surface area contributed by atoms with Crippen molar-refractivity contribution in [2.24, 2.45) is 5.41 Å². The number of nitro groups is 1. The molecule has 1 atom stereocenters. The first-order chi connectivity index (χ1) is 10.4. The van der Waals surface area contributed by atoms with Crippen LogP contribution in [0, 0.1) is 22.5 Å². The highest BCUT2D eigenvalue weighted by Gasteiger charge is 2.45. The zero-order valence-electron chi connectivity index (χ0n) is 12.8. The number of nitro benzene ring substituents is 1. The summed E-state index contributed by atoms with van der Waals surface area (Å²) in [7, 11) is -3.69. The topological polar surface area (TPSA) is 92.5 Å². The molecule has 0 radical (unpaired) electrons. The van der Waals surface area contributed by atoms with Gasteiger partial charge in [0.25, 0.3) is 5.69 Å². The number of halogens is 1. The van der Waals surface area contributed by atoms with Crippen LogP contribution in [0.2, 0.25) is 0 Å². The monoisotopic (exact) mass is 361 g/mol. The summed E-state index contributed by atoms with van der Waals surface area (Å²) in [6, 6.07) is 4.22. The van der Waals surface area contributed by atoms with Gasteiger partial charge in [-0.15, -0.1) is 12.4 Å². The molecule has 9 heteroatoms. The van der Waals surface area contributed by atoms with E-state index in [4.69, 9.17) is 0 Å². The number of sulfonamides is 1. The van der Waals surface area contributed by atoms with Crippen LogP contribution in [0.4, 0.5) is 5.69 Å². The first kappa shape index (κ1) is 18.1. The Balaban J connectivity index is 0.00000192. The molecule has 2 aliphatic heterocycles. The Morgan fingerprint density at radius 3 is 2.70 bits per heavy atom. The van der Waals surface area contributed by atoms with Crippen LogP contribution >= 0.6 is 12.4 Å². The minimum atomic E-state index is -3.69. The van der Waals surface area contributed by atoms with Crippen molar-refractivity contribution in [3.8, 4) is 0 Å². The Bertz CT molecular complexity index is 717. The number of nitrogens with one attached hydrogen (secondary N) is 1. The number of hydrogen-bond donors (Lipinski definition) is 1. The summed E-state index contributed by atoms with van der Waals surface area (Å²) >= 11 is 0. The molecule has 23 heavy (non-hydrogen) atoms. The van der Waals surface area contributed by atoms with Gasteiger partial charge in [0.1, 0.15) is 0 Å². The Morgan fingerprint density at radius 1 is 1.35 bits per heavy atom. The second kappa shape index (κ2) is 6.35. The molecule has 1 N–H and O–H groups in total. The Morgan fingerprint density at radius 2 is 2.09 bits per heavy atom. The van der Waals surface area contributed by atoms with Gasteiger partial charge in [0.05, 0.1) is 9.82 Å². The van der Waals surface area contributed by atoms with Crippen LogP contribution < -0.4 is 5.32 Å². The van der Waals surface area contributed by atoms with E-state index >= 15 is 0 Å². The number of rotatable bonds is 3. The molecule has 0 aromatic heterocycles. The van der Waals surface area contributed by atoms with Crippen LogP contribution in [0.5, 0.6) is 0 Å². The van der Waals surface area contributed by atoms with Crippen molar-refractivity contribution in [1.82, 2.24) is 9.62 Å². The van der Waals surface area contributed by atoms with E-state index in [1.54, 1.807) is 0 Å². The smallest absolute Gasteiger partial charge is 0.273 e. The minimum Gasteiger partial charge on any atom is -0.316 e. The van der Waals surface area contributed by atoms with E-state index in [2.05, 4.69) is 5.32 Å². The molecule has 2 aliphatic rings. The van der Waals surface area contributed by atoms with Gasteiger partial charge in [0.2, 0.25) is 10.0 Å². The van der Waals surface area contributed by atoms with Gasteiger partial charge in [-0.2, -0.15) is 4.31 Å². The molecule has 2 fully saturated rings. The normalized spacial score (nSPS) is 24.7. The molecule has 1 unspecified atom stereocenters. The summed E-state index contributed by atoms with van der Waals surface area (Å²) in [6.07, 6.45) is 1.82. The molecule has 0 saturated carbocycles. The Labute approximate surface area is 141 Å². The summed E-state index contributed by atoms with van der Waals surface area (Å²) in [5, 5.41) is 14.3. The first-order valence-electron chi connectivity index (χ1n) is 7.31. The van der Waals surface area contributed by atoms with Gasteiger partial charge in [0, 0.05) is 31.3 Å². The summed E-state index contributed by atoms with van der Waals surface area (Å²) in [4.78, 5) is 10.5. The van der Waals surface area contributed by atoms with Crippen LogP contribution in [0.1, 0.15) is 18.4 Å². The van der Waals surface area contributed by atoms with E-state index in [9.17, 15) is 18.5 Å². The van der Waals surface area contributed by atoms with Gasteiger partial charge in [-0.25, -0.2) is 8.42 Å². The SMILES string of the molecule is Cc1c([N+](=O)[O-])cccc1S(=O)(=O)N1CCC2(CCNC2)C1.Cl. The predicted molar refractivity (Wildman–Crippen MR) is 88.4 cm³/mol. The maximum absolute atomic E-state index is 12.9. The summed E-state index contributed by atoms with van der Waals surface area (Å²) < 4.78 is 27.2. The highest BCUT2D eigenvalue weighted by atomic mass is 35.5. The van der Waals surface area contributed by atoms with E-state index < -0.39 is 14.9 Å². The fourth-order valence-electron chi connectivity index (χ4n) is 3.46. The van der Waals surface area contributed by atoms with Gasteiger partial charge in [-0.1, -0.05) is 6.07 Å². The zero-order chi connectivity index (χ0) is 16.0. The maximum Gasteiger partial charge on any atom is 0.273 e. The van der Waals surface area contributed by atoms with Crippen LogP contribution in [-0.2, 0) is 10.0 Å². The van der Waals surface area contributed by atoms with Gasteiger partial charge in [0.15, 0.2) is 0 Å². The average molecular weight is 362 g/mol. The van der Waals surface area contributed by atoms with Gasteiger partial charge in [-0.3, -0.25) is 10.1 Å². The lowest BCUT2D eigenvalue weighted by Crippen LogP contribution is -2.33. The highest BCUT2D eigenvalue weighted by Crippen LogP contribution is 2.39.